The van der Waals surface area contributed by atoms with Gasteiger partial charge in [0, 0.05) is 6.54 Å². The zero-order valence-corrected chi connectivity index (χ0v) is 5.52. The fourth-order valence-electron chi connectivity index (χ4n) is 0.209. The van der Waals surface area contributed by atoms with E-state index in [1.807, 2.05) is 4.72 Å². The van der Waals surface area contributed by atoms with Crippen molar-refractivity contribution in [2.45, 2.75) is 0 Å². The van der Waals surface area contributed by atoms with Crippen LogP contribution in [0.4, 0.5) is 0 Å². The largest absolute Gasteiger partial charge is 0.284 e. The van der Waals surface area contributed by atoms with Crippen molar-refractivity contribution in [3.8, 4) is 0 Å². The highest BCUT2D eigenvalue weighted by molar-refractivity contribution is 8.02. The highest BCUT2D eigenvalue weighted by Gasteiger charge is 2.02. The zero-order valence-electron chi connectivity index (χ0n) is 4.70. The molecule has 0 aliphatic rings. The molecule has 0 saturated carbocycles. The number of hydrogen-bond acceptors (Lipinski definition) is 3. The maximum atomic E-state index is 10.2. The molecule has 0 saturated heterocycles. The van der Waals surface area contributed by atoms with Crippen LogP contribution in [0.15, 0.2) is 12.7 Å². The molecule has 0 aromatic carbocycles. The molecule has 0 aliphatic heterocycles. The first-order chi connectivity index (χ1) is 4.12. The van der Waals surface area contributed by atoms with Crippen LogP contribution in [0.25, 0.3) is 0 Å². The van der Waals surface area contributed by atoms with E-state index in [-0.39, 0.29) is 12.2 Å². The van der Waals surface area contributed by atoms with Gasteiger partial charge in [0.15, 0.2) is 0 Å². The molecule has 0 radical (unpaired) electrons. The van der Waals surface area contributed by atoms with E-state index in [9.17, 15) is 13.2 Å². The van der Waals surface area contributed by atoms with E-state index >= 15 is 0 Å². The van der Waals surface area contributed by atoms with E-state index in [0.29, 0.717) is 0 Å². The van der Waals surface area contributed by atoms with Crippen LogP contribution in [0.3, 0.4) is 0 Å². The van der Waals surface area contributed by atoms with Gasteiger partial charge in [-0.1, -0.05) is 6.08 Å². The predicted molar refractivity (Wildman–Crippen MR) is 33.9 cm³/mol. The van der Waals surface area contributed by atoms with Crippen LogP contribution in [0.5, 0.6) is 0 Å². The van der Waals surface area contributed by atoms with Crippen molar-refractivity contribution < 1.29 is 13.2 Å². The summed E-state index contributed by atoms with van der Waals surface area (Å²) < 4.78 is 22.4. The van der Waals surface area contributed by atoms with Gasteiger partial charge in [-0.05, 0) is 0 Å². The molecule has 0 amide bonds. The Morgan fingerprint density at radius 1 is 1.56 bits per heavy atom. The zero-order chi connectivity index (χ0) is 7.33. The highest BCUT2D eigenvalue weighted by atomic mass is 32.2. The monoisotopic (exact) mass is 149 g/mol. The Kier molecular flexibility index (Phi) is 3.11. The summed E-state index contributed by atoms with van der Waals surface area (Å²) in [6.45, 7) is 3.34. The molecule has 0 spiro atoms. The number of hydrogen-bond donors (Lipinski definition) is 1. The highest BCUT2D eigenvalue weighted by Crippen LogP contribution is 1.72. The number of rotatable bonds is 4. The summed E-state index contributed by atoms with van der Waals surface area (Å²) in [4.78, 5) is 9.65. The van der Waals surface area contributed by atoms with Crippen LogP contribution in [0, 0.1) is 0 Å². The summed E-state index contributed by atoms with van der Waals surface area (Å²) in [7, 11) is -3.68. The van der Waals surface area contributed by atoms with Crippen LogP contribution in [0.1, 0.15) is 0 Å². The second kappa shape index (κ2) is 3.37. The third-order valence-corrected chi connectivity index (χ3v) is 1.38. The molecule has 0 unspecified atom stereocenters. The number of sulfonamides is 1. The van der Waals surface area contributed by atoms with E-state index in [0.717, 1.165) is 0 Å². The summed E-state index contributed by atoms with van der Waals surface area (Å²) in [5.41, 5.74) is -0.142. The van der Waals surface area contributed by atoms with E-state index in [1.165, 1.54) is 6.08 Å². The Hall–Kier alpha value is -0.680. The van der Waals surface area contributed by atoms with Crippen LogP contribution in [0.2, 0.25) is 0 Å². The molecule has 0 bridgehead atoms. The van der Waals surface area contributed by atoms with Crippen LogP contribution in [-0.4, -0.2) is 20.6 Å². The molecule has 4 nitrogen and oxygen atoms in total. The lowest BCUT2D eigenvalue weighted by molar-refractivity contribution is 0.553. The molecule has 0 rings (SSSR count). The Balaban J connectivity index is 3.89. The second-order valence-electron chi connectivity index (χ2n) is 1.28. The van der Waals surface area contributed by atoms with Crippen molar-refractivity contribution >= 4 is 15.6 Å². The molecule has 5 heteroatoms. The van der Waals surface area contributed by atoms with Crippen LogP contribution < -0.4 is 4.72 Å². The molecule has 0 aromatic rings. The van der Waals surface area contributed by atoms with E-state index in [2.05, 4.69) is 6.58 Å². The molecule has 0 aliphatic carbocycles. The number of nitrogens with one attached hydrogen (secondary N) is 1. The third kappa shape index (κ3) is 3.87. The van der Waals surface area contributed by atoms with Gasteiger partial charge < -0.3 is 0 Å². The first-order valence-corrected chi connectivity index (χ1v) is 3.73. The SMILES string of the molecule is C=CCNS(=O)(=O)C=O. The number of carbonyl (C=O) groups excluding carboxylic acids is 1. The molecule has 9 heavy (non-hydrogen) atoms. The summed E-state index contributed by atoms with van der Waals surface area (Å²) in [5, 5.41) is 0. The van der Waals surface area contributed by atoms with Gasteiger partial charge in [-0.25, -0.2) is 13.1 Å². The van der Waals surface area contributed by atoms with Gasteiger partial charge in [0.1, 0.15) is 0 Å². The summed E-state index contributed by atoms with van der Waals surface area (Å²) >= 11 is 0. The summed E-state index contributed by atoms with van der Waals surface area (Å²) in [6, 6.07) is 0. The molecule has 0 fully saturated rings. The molecular formula is C4H7NO3S. The molecular weight excluding hydrogens is 142 g/mol. The minimum absolute atomic E-state index is 0.0844. The van der Waals surface area contributed by atoms with Gasteiger partial charge in [0.25, 0.3) is 10.0 Å². The fraction of sp³-hybridized carbons (Fsp3) is 0.250. The van der Waals surface area contributed by atoms with Gasteiger partial charge in [-0.2, -0.15) is 0 Å². The average Bonchev–Trinajstić information content (AvgIpc) is 1.84. The van der Waals surface area contributed by atoms with E-state index < -0.39 is 10.0 Å². The smallest absolute Gasteiger partial charge is 0.271 e. The lowest BCUT2D eigenvalue weighted by Crippen LogP contribution is -2.23. The van der Waals surface area contributed by atoms with Gasteiger partial charge in [0.2, 0.25) is 5.62 Å². The van der Waals surface area contributed by atoms with E-state index in [1.54, 1.807) is 0 Å². The van der Waals surface area contributed by atoms with Gasteiger partial charge in [-0.15, -0.1) is 6.58 Å². The van der Waals surface area contributed by atoms with Crippen molar-refractivity contribution in [3.63, 3.8) is 0 Å². The Bertz CT molecular complexity index is 194. The van der Waals surface area contributed by atoms with Gasteiger partial charge >= 0.3 is 0 Å². The molecule has 0 heterocycles. The Labute approximate surface area is 53.6 Å². The first kappa shape index (κ1) is 8.32. The Morgan fingerprint density at radius 3 is 2.44 bits per heavy atom. The van der Waals surface area contributed by atoms with Crippen molar-refractivity contribution in [2.75, 3.05) is 6.54 Å². The molecule has 0 aromatic heterocycles. The van der Waals surface area contributed by atoms with Gasteiger partial charge in [-0.3, -0.25) is 4.79 Å². The maximum absolute atomic E-state index is 10.2. The lowest BCUT2D eigenvalue weighted by atomic mass is 10.7. The predicted octanol–water partition coefficient (Wildman–Crippen LogP) is -0.718. The second-order valence-corrected chi connectivity index (χ2v) is 2.85. The normalized spacial score (nSPS) is 10.7. The lowest BCUT2D eigenvalue weighted by Gasteiger charge is -1.91. The first-order valence-electron chi connectivity index (χ1n) is 2.18. The third-order valence-electron chi connectivity index (χ3n) is 0.556. The summed E-state index contributed by atoms with van der Waals surface area (Å²) in [6.07, 6.45) is 1.35. The van der Waals surface area contributed by atoms with Gasteiger partial charge in [0.05, 0.1) is 0 Å². The average molecular weight is 149 g/mol. The molecule has 52 valence electrons. The van der Waals surface area contributed by atoms with Crippen molar-refractivity contribution in [3.05, 3.63) is 12.7 Å². The van der Waals surface area contributed by atoms with Crippen molar-refractivity contribution in [1.82, 2.24) is 4.72 Å². The Morgan fingerprint density at radius 2 is 2.11 bits per heavy atom. The topological polar surface area (TPSA) is 63.2 Å². The number of carbonyl (C=O) groups is 1. The van der Waals surface area contributed by atoms with Crippen LogP contribution in [-0.2, 0) is 14.8 Å². The van der Waals surface area contributed by atoms with Crippen molar-refractivity contribution in [1.29, 1.82) is 0 Å². The minimum Gasteiger partial charge on any atom is -0.284 e. The standard InChI is InChI=1S/C4H7NO3S/c1-2-3-5-9(7,8)4-6/h2,4-5H,1,3H2. The maximum Gasteiger partial charge on any atom is 0.271 e. The van der Waals surface area contributed by atoms with E-state index in [4.69, 9.17) is 0 Å². The summed E-state index contributed by atoms with van der Waals surface area (Å²) in [5.74, 6) is 0. The molecule has 0 atom stereocenters. The fourth-order valence-corrected chi connectivity index (χ4v) is 0.627. The minimum atomic E-state index is -3.68. The quantitative estimate of drug-likeness (QED) is 0.424. The van der Waals surface area contributed by atoms with Crippen molar-refractivity contribution in [2.24, 2.45) is 0 Å². The van der Waals surface area contributed by atoms with Crippen LogP contribution >= 0.6 is 0 Å². The molecule has 1 N–H and O–H groups in total.